The number of nitrogens with one attached hydrogen (secondary N) is 2. The van der Waals surface area contributed by atoms with Crippen molar-refractivity contribution in [3.63, 3.8) is 0 Å². The van der Waals surface area contributed by atoms with Crippen LogP contribution < -0.4 is 10.6 Å². The van der Waals surface area contributed by atoms with Gasteiger partial charge in [0, 0.05) is 35.9 Å². The SMILES string of the molecule is CNC(C)CNC(=O)c1cccc2cnccc12. The van der Waals surface area contributed by atoms with E-state index >= 15 is 0 Å². The highest BCUT2D eigenvalue weighted by Crippen LogP contribution is 2.17. The molecule has 0 saturated heterocycles. The first-order chi connectivity index (χ1) is 8.72. The number of carbonyl (C=O) groups is 1. The van der Waals surface area contributed by atoms with E-state index in [0.717, 1.165) is 10.8 Å². The fourth-order valence-electron chi connectivity index (χ4n) is 1.76. The number of pyridine rings is 1. The van der Waals surface area contributed by atoms with E-state index in [9.17, 15) is 4.79 Å². The average Bonchev–Trinajstić information content (AvgIpc) is 2.43. The lowest BCUT2D eigenvalue weighted by atomic mass is 10.1. The van der Waals surface area contributed by atoms with Gasteiger partial charge in [0.2, 0.25) is 0 Å². The third kappa shape index (κ3) is 2.65. The van der Waals surface area contributed by atoms with E-state index in [2.05, 4.69) is 15.6 Å². The second-order valence-corrected chi connectivity index (χ2v) is 4.30. The minimum Gasteiger partial charge on any atom is -0.350 e. The largest absolute Gasteiger partial charge is 0.350 e. The van der Waals surface area contributed by atoms with Crippen LogP contribution in [-0.4, -0.2) is 30.5 Å². The van der Waals surface area contributed by atoms with Crippen molar-refractivity contribution in [3.05, 3.63) is 42.2 Å². The summed E-state index contributed by atoms with van der Waals surface area (Å²) in [6, 6.07) is 7.79. The summed E-state index contributed by atoms with van der Waals surface area (Å²) in [5, 5.41) is 7.92. The van der Waals surface area contributed by atoms with Crippen molar-refractivity contribution in [1.29, 1.82) is 0 Å². The maximum atomic E-state index is 12.1. The molecule has 1 aromatic heterocycles. The summed E-state index contributed by atoms with van der Waals surface area (Å²) in [7, 11) is 1.88. The van der Waals surface area contributed by atoms with Gasteiger partial charge in [0.15, 0.2) is 0 Å². The van der Waals surface area contributed by atoms with Gasteiger partial charge in [-0.15, -0.1) is 0 Å². The Balaban J connectivity index is 2.22. The topological polar surface area (TPSA) is 54.0 Å². The van der Waals surface area contributed by atoms with Gasteiger partial charge in [0.05, 0.1) is 0 Å². The Hall–Kier alpha value is -1.94. The summed E-state index contributed by atoms with van der Waals surface area (Å²) in [4.78, 5) is 16.2. The van der Waals surface area contributed by atoms with Crippen LogP contribution in [-0.2, 0) is 0 Å². The van der Waals surface area contributed by atoms with Gasteiger partial charge in [0.1, 0.15) is 0 Å². The van der Waals surface area contributed by atoms with Crippen molar-refractivity contribution in [3.8, 4) is 0 Å². The van der Waals surface area contributed by atoms with Crippen LogP contribution in [0.3, 0.4) is 0 Å². The Labute approximate surface area is 106 Å². The molecule has 0 spiro atoms. The fraction of sp³-hybridized carbons (Fsp3) is 0.286. The smallest absolute Gasteiger partial charge is 0.251 e. The van der Waals surface area contributed by atoms with Gasteiger partial charge in [-0.25, -0.2) is 0 Å². The van der Waals surface area contributed by atoms with Crippen LogP contribution in [0.15, 0.2) is 36.7 Å². The Bertz CT molecular complexity index is 548. The number of fused-ring (bicyclic) bond motifs is 1. The van der Waals surface area contributed by atoms with Crippen molar-refractivity contribution >= 4 is 16.7 Å². The molecule has 2 aromatic rings. The maximum absolute atomic E-state index is 12.1. The number of hydrogen-bond acceptors (Lipinski definition) is 3. The molecule has 2 N–H and O–H groups in total. The van der Waals surface area contributed by atoms with Crippen LogP contribution in [0.25, 0.3) is 10.8 Å². The molecule has 18 heavy (non-hydrogen) atoms. The van der Waals surface area contributed by atoms with Gasteiger partial charge >= 0.3 is 0 Å². The molecule has 1 atom stereocenters. The van der Waals surface area contributed by atoms with Crippen LogP contribution in [0.4, 0.5) is 0 Å². The molecule has 2 rings (SSSR count). The van der Waals surface area contributed by atoms with Crippen LogP contribution in [0, 0.1) is 0 Å². The predicted octanol–water partition coefficient (Wildman–Crippen LogP) is 1.57. The molecule has 0 fully saturated rings. The molecule has 0 bridgehead atoms. The van der Waals surface area contributed by atoms with Crippen LogP contribution in [0.5, 0.6) is 0 Å². The summed E-state index contributed by atoms with van der Waals surface area (Å²) in [5.74, 6) is -0.0473. The first-order valence-corrected chi connectivity index (χ1v) is 6.00. The minimum atomic E-state index is -0.0473. The van der Waals surface area contributed by atoms with E-state index in [4.69, 9.17) is 0 Å². The van der Waals surface area contributed by atoms with Crippen molar-refractivity contribution in [2.24, 2.45) is 0 Å². The van der Waals surface area contributed by atoms with E-state index in [-0.39, 0.29) is 11.9 Å². The molecule has 1 amide bonds. The minimum absolute atomic E-state index is 0.0473. The van der Waals surface area contributed by atoms with Gasteiger partial charge in [0.25, 0.3) is 5.91 Å². The van der Waals surface area contributed by atoms with E-state index in [0.29, 0.717) is 12.1 Å². The molecule has 0 aliphatic heterocycles. The van der Waals surface area contributed by atoms with Crippen LogP contribution >= 0.6 is 0 Å². The second-order valence-electron chi connectivity index (χ2n) is 4.30. The monoisotopic (exact) mass is 243 g/mol. The van der Waals surface area contributed by atoms with Crippen molar-refractivity contribution in [2.75, 3.05) is 13.6 Å². The zero-order chi connectivity index (χ0) is 13.0. The van der Waals surface area contributed by atoms with Crippen molar-refractivity contribution in [1.82, 2.24) is 15.6 Å². The summed E-state index contributed by atoms with van der Waals surface area (Å²) in [5.41, 5.74) is 0.693. The molecule has 1 unspecified atom stereocenters. The number of hydrogen-bond donors (Lipinski definition) is 2. The molecular weight excluding hydrogens is 226 g/mol. The number of nitrogens with zero attached hydrogens (tertiary/aromatic N) is 1. The highest BCUT2D eigenvalue weighted by atomic mass is 16.1. The quantitative estimate of drug-likeness (QED) is 0.857. The van der Waals surface area contributed by atoms with Gasteiger partial charge in [-0.3, -0.25) is 9.78 Å². The third-order valence-corrected chi connectivity index (χ3v) is 2.99. The van der Waals surface area contributed by atoms with E-state index in [1.54, 1.807) is 12.4 Å². The molecule has 94 valence electrons. The Morgan fingerprint density at radius 3 is 3.00 bits per heavy atom. The summed E-state index contributed by atoms with van der Waals surface area (Å²) in [6.45, 7) is 2.63. The molecule has 1 aromatic carbocycles. The number of rotatable bonds is 4. The lowest BCUT2D eigenvalue weighted by Gasteiger charge is -2.12. The van der Waals surface area contributed by atoms with Crippen molar-refractivity contribution in [2.45, 2.75) is 13.0 Å². The predicted molar refractivity (Wildman–Crippen MR) is 72.6 cm³/mol. The summed E-state index contributed by atoms with van der Waals surface area (Å²) < 4.78 is 0. The maximum Gasteiger partial charge on any atom is 0.251 e. The zero-order valence-corrected chi connectivity index (χ0v) is 10.6. The molecule has 0 aliphatic carbocycles. The molecule has 4 heteroatoms. The number of amides is 1. The third-order valence-electron chi connectivity index (χ3n) is 2.99. The van der Waals surface area contributed by atoms with Crippen molar-refractivity contribution < 1.29 is 4.79 Å². The number of likely N-dealkylation sites (N-methyl/N-ethyl adjacent to an activating group) is 1. The molecule has 0 radical (unpaired) electrons. The highest BCUT2D eigenvalue weighted by molar-refractivity contribution is 6.06. The normalized spacial score (nSPS) is 12.3. The molecule has 1 heterocycles. The zero-order valence-electron chi connectivity index (χ0n) is 10.6. The first-order valence-electron chi connectivity index (χ1n) is 6.00. The highest BCUT2D eigenvalue weighted by Gasteiger charge is 2.10. The van der Waals surface area contributed by atoms with Crippen LogP contribution in [0.1, 0.15) is 17.3 Å². The number of carbonyl (C=O) groups excluding carboxylic acids is 1. The molecule has 4 nitrogen and oxygen atoms in total. The van der Waals surface area contributed by atoms with Crippen LogP contribution in [0.2, 0.25) is 0 Å². The first kappa shape index (κ1) is 12.5. The van der Waals surface area contributed by atoms with E-state index < -0.39 is 0 Å². The Kier molecular flexibility index (Phi) is 3.89. The number of aromatic nitrogens is 1. The molecule has 0 saturated carbocycles. The van der Waals surface area contributed by atoms with Gasteiger partial charge in [-0.05, 0) is 31.5 Å². The average molecular weight is 243 g/mol. The Morgan fingerprint density at radius 2 is 2.22 bits per heavy atom. The summed E-state index contributed by atoms with van der Waals surface area (Å²) in [6.07, 6.45) is 3.47. The standard InChI is InChI=1S/C14H17N3O/c1-10(15-2)8-17-14(18)13-5-3-4-11-9-16-7-6-12(11)13/h3-7,9-10,15H,8H2,1-2H3,(H,17,18). The van der Waals surface area contributed by atoms with E-state index in [1.807, 2.05) is 38.2 Å². The van der Waals surface area contributed by atoms with Gasteiger partial charge in [-0.2, -0.15) is 0 Å². The number of benzene rings is 1. The second kappa shape index (κ2) is 5.60. The fourth-order valence-corrected chi connectivity index (χ4v) is 1.76. The lowest BCUT2D eigenvalue weighted by molar-refractivity contribution is 0.0952. The lowest BCUT2D eigenvalue weighted by Crippen LogP contribution is -2.37. The summed E-state index contributed by atoms with van der Waals surface area (Å²) >= 11 is 0. The molecule has 0 aliphatic rings. The van der Waals surface area contributed by atoms with E-state index in [1.165, 1.54) is 0 Å². The Morgan fingerprint density at radius 1 is 1.39 bits per heavy atom. The molecular formula is C14H17N3O. The van der Waals surface area contributed by atoms with Gasteiger partial charge in [-0.1, -0.05) is 12.1 Å². The van der Waals surface area contributed by atoms with Gasteiger partial charge < -0.3 is 10.6 Å².